The van der Waals surface area contributed by atoms with Crippen LogP contribution in [0.4, 0.5) is 11.4 Å². The van der Waals surface area contributed by atoms with Crippen molar-refractivity contribution in [3.8, 4) is 5.00 Å². The van der Waals surface area contributed by atoms with Crippen LogP contribution in [0.15, 0.2) is 54.1 Å². The molecule has 44 heavy (non-hydrogen) atoms. The van der Waals surface area contributed by atoms with E-state index in [1.807, 2.05) is 83.1 Å². The first-order valence-electron chi connectivity index (χ1n) is 14.7. The molecule has 1 fully saturated rings. The molecule has 3 amide bonds. The topological polar surface area (TPSA) is 83.4 Å². The fraction of sp³-hybridized carbons (Fsp3) is 0.257. The Hall–Kier alpha value is -4.34. The summed E-state index contributed by atoms with van der Waals surface area (Å²) >= 11 is 7.08. The minimum Gasteiger partial charge on any atom is -0.322 e. The standard InChI is InChI=1S/C35H34N4O3S2/c1-19-10-13-25(14-11-19)36-32(41)30-26-8-6-7-9-29(26)44-34(30)38-22(4)17-24(23(38)5)18-27-31(40)37-35(43)39(33(27)42)28-15-12-20(2)16-21(28)3/h10-18H,6-9H2,1-5H3,(H,36,41)(H,37,40,43)/b27-18+. The highest BCUT2D eigenvalue weighted by Crippen LogP contribution is 2.39. The van der Waals surface area contributed by atoms with E-state index in [9.17, 15) is 14.4 Å². The van der Waals surface area contributed by atoms with Gasteiger partial charge in [0.2, 0.25) is 0 Å². The summed E-state index contributed by atoms with van der Waals surface area (Å²) in [7, 11) is 0. The number of aromatic nitrogens is 1. The summed E-state index contributed by atoms with van der Waals surface area (Å²) in [6, 6.07) is 15.5. The van der Waals surface area contributed by atoms with Gasteiger partial charge in [0, 0.05) is 22.0 Å². The molecule has 0 bridgehead atoms. The molecule has 2 aliphatic rings. The van der Waals surface area contributed by atoms with Gasteiger partial charge in [-0.2, -0.15) is 0 Å². The Morgan fingerprint density at radius 2 is 1.66 bits per heavy atom. The summed E-state index contributed by atoms with van der Waals surface area (Å²) in [4.78, 5) is 43.4. The number of aryl methyl sites for hydroxylation is 5. The van der Waals surface area contributed by atoms with Crippen molar-refractivity contribution in [2.24, 2.45) is 0 Å². The highest BCUT2D eigenvalue weighted by atomic mass is 32.1. The van der Waals surface area contributed by atoms with Gasteiger partial charge in [0.1, 0.15) is 10.6 Å². The number of nitrogens with zero attached hydrogens (tertiary/aromatic N) is 2. The molecule has 0 atom stereocenters. The van der Waals surface area contributed by atoms with Crippen molar-refractivity contribution in [1.29, 1.82) is 0 Å². The normalized spacial score (nSPS) is 15.9. The number of carbonyl (C=O) groups excluding carboxylic acids is 3. The van der Waals surface area contributed by atoms with E-state index in [1.165, 1.54) is 9.78 Å². The molecule has 3 heterocycles. The minimum absolute atomic E-state index is 0.00152. The van der Waals surface area contributed by atoms with Gasteiger partial charge in [0.05, 0.1) is 11.3 Å². The maximum atomic E-state index is 13.9. The van der Waals surface area contributed by atoms with Gasteiger partial charge in [-0.25, -0.2) is 0 Å². The van der Waals surface area contributed by atoms with Gasteiger partial charge in [-0.05, 0) is 120 Å². The van der Waals surface area contributed by atoms with Crippen LogP contribution in [-0.4, -0.2) is 27.4 Å². The number of carbonyl (C=O) groups is 3. The molecule has 9 heteroatoms. The quantitative estimate of drug-likeness (QED) is 0.142. The van der Waals surface area contributed by atoms with Crippen molar-refractivity contribution in [3.63, 3.8) is 0 Å². The first-order valence-corrected chi connectivity index (χ1v) is 16.0. The molecule has 6 rings (SSSR count). The van der Waals surface area contributed by atoms with E-state index in [4.69, 9.17) is 12.2 Å². The first kappa shape index (κ1) is 29.7. The van der Waals surface area contributed by atoms with Crippen LogP contribution in [0.5, 0.6) is 0 Å². The highest BCUT2D eigenvalue weighted by molar-refractivity contribution is 7.80. The van der Waals surface area contributed by atoms with Crippen LogP contribution < -0.4 is 15.5 Å². The molecule has 7 nitrogen and oxygen atoms in total. The SMILES string of the molecule is Cc1ccc(NC(=O)c2c(-n3c(C)cc(/C=C4\C(=O)NC(=S)N(c5ccc(C)cc5C)C4=O)c3C)sc3c2CCCC3)cc1. The Labute approximate surface area is 266 Å². The third-order valence-corrected chi connectivity index (χ3v) is 9.92. The molecule has 1 saturated heterocycles. The van der Waals surface area contributed by atoms with Crippen LogP contribution in [0, 0.1) is 34.6 Å². The van der Waals surface area contributed by atoms with Crippen LogP contribution in [0.25, 0.3) is 11.1 Å². The number of benzene rings is 2. The van der Waals surface area contributed by atoms with E-state index in [-0.39, 0.29) is 16.6 Å². The van der Waals surface area contributed by atoms with Crippen LogP contribution >= 0.6 is 23.6 Å². The molecule has 0 spiro atoms. The van der Waals surface area contributed by atoms with Crippen molar-refractivity contribution >= 4 is 63.8 Å². The molecular formula is C35H34N4O3S2. The Balaban J connectivity index is 1.41. The molecule has 4 aromatic rings. The lowest BCUT2D eigenvalue weighted by Crippen LogP contribution is -2.54. The van der Waals surface area contributed by atoms with E-state index in [0.717, 1.165) is 75.6 Å². The van der Waals surface area contributed by atoms with Crippen molar-refractivity contribution in [2.45, 2.75) is 60.3 Å². The first-order chi connectivity index (χ1) is 21.0. The number of thiocarbonyl (C=S) groups is 1. The van der Waals surface area contributed by atoms with Gasteiger partial charge >= 0.3 is 0 Å². The zero-order valence-corrected chi connectivity index (χ0v) is 27.1. The molecule has 2 aromatic heterocycles. The summed E-state index contributed by atoms with van der Waals surface area (Å²) in [5.41, 5.74) is 8.75. The molecule has 0 radical (unpaired) electrons. The van der Waals surface area contributed by atoms with E-state index in [2.05, 4.69) is 15.2 Å². The highest BCUT2D eigenvalue weighted by Gasteiger charge is 2.36. The largest absolute Gasteiger partial charge is 0.322 e. The molecule has 2 N–H and O–H groups in total. The summed E-state index contributed by atoms with van der Waals surface area (Å²) in [5.74, 6) is -1.13. The average Bonchev–Trinajstić information content (AvgIpc) is 3.48. The number of nitrogens with one attached hydrogen (secondary N) is 2. The summed E-state index contributed by atoms with van der Waals surface area (Å²) < 4.78 is 2.08. The Kier molecular flexibility index (Phi) is 7.86. The predicted octanol–water partition coefficient (Wildman–Crippen LogP) is 7.04. The lowest BCUT2D eigenvalue weighted by atomic mass is 9.95. The van der Waals surface area contributed by atoms with Gasteiger partial charge in [0.15, 0.2) is 5.11 Å². The van der Waals surface area contributed by atoms with Gasteiger partial charge in [0.25, 0.3) is 17.7 Å². The van der Waals surface area contributed by atoms with E-state index >= 15 is 0 Å². The van der Waals surface area contributed by atoms with Crippen LogP contribution in [0.3, 0.4) is 0 Å². The fourth-order valence-corrected chi connectivity index (χ4v) is 7.88. The molecular weight excluding hydrogens is 589 g/mol. The minimum atomic E-state index is -0.532. The Morgan fingerprint density at radius 1 is 0.955 bits per heavy atom. The van der Waals surface area contributed by atoms with E-state index in [1.54, 1.807) is 17.4 Å². The van der Waals surface area contributed by atoms with E-state index in [0.29, 0.717) is 11.3 Å². The van der Waals surface area contributed by atoms with Gasteiger partial charge in [-0.1, -0.05) is 35.4 Å². The lowest BCUT2D eigenvalue weighted by Gasteiger charge is -2.30. The maximum Gasteiger partial charge on any atom is 0.270 e. The van der Waals surface area contributed by atoms with Crippen molar-refractivity contribution in [1.82, 2.24) is 9.88 Å². The zero-order valence-electron chi connectivity index (χ0n) is 25.5. The van der Waals surface area contributed by atoms with Gasteiger partial charge < -0.3 is 9.88 Å². The third kappa shape index (κ3) is 5.31. The number of fused-ring (bicyclic) bond motifs is 1. The Bertz CT molecular complexity index is 1900. The number of anilines is 2. The number of hydrogen-bond acceptors (Lipinski definition) is 5. The van der Waals surface area contributed by atoms with Crippen molar-refractivity contribution < 1.29 is 14.4 Å². The number of amides is 3. The molecule has 0 unspecified atom stereocenters. The van der Waals surface area contributed by atoms with Gasteiger partial charge in [-0.3, -0.25) is 24.6 Å². The monoisotopic (exact) mass is 622 g/mol. The molecule has 0 saturated carbocycles. The average molecular weight is 623 g/mol. The second kappa shape index (κ2) is 11.6. The zero-order chi connectivity index (χ0) is 31.3. The van der Waals surface area contributed by atoms with Gasteiger partial charge in [-0.15, -0.1) is 11.3 Å². The Morgan fingerprint density at radius 3 is 2.39 bits per heavy atom. The van der Waals surface area contributed by atoms with Crippen molar-refractivity contribution in [3.05, 3.63) is 104 Å². The molecule has 1 aliphatic carbocycles. The second-order valence-corrected chi connectivity index (χ2v) is 13.1. The fourth-order valence-electron chi connectivity index (χ4n) is 6.11. The third-order valence-electron chi connectivity index (χ3n) is 8.36. The molecule has 1 aliphatic heterocycles. The van der Waals surface area contributed by atoms with Crippen molar-refractivity contribution in [2.75, 3.05) is 10.2 Å². The van der Waals surface area contributed by atoms with E-state index < -0.39 is 11.8 Å². The molecule has 224 valence electrons. The predicted molar refractivity (Wildman–Crippen MR) is 181 cm³/mol. The summed E-state index contributed by atoms with van der Waals surface area (Å²) in [6.45, 7) is 9.85. The number of rotatable bonds is 5. The maximum absolute atomic E-state index is 13.9. The lowest BCUT2D eigenvalue weighted by molar-refractivity contribution is -0.122. The summed E-state index contributed by atoms with van der Waals surface area (Å²) in [5, 5.41) is 6.73. The van der Waals surface area contributed by atoms with Crippen LogP contribution in [0.1, 0.15) is 67.3 Å². The number of thiophene rings is 1. The number of hydrogen-bond donors (Lipinski definition) is 2. The van der Waals surface area contributed by atoms with Crippen LogP contribution in [0.2, 0.25) is 0 Å². The molecule has 2 aromatic carbocycles. The summed E-state index contributed by atoms with van der Waals surface area (Å²) in [6.07, 6.45) is 5.59. The second-order valence-electron chi connectivity index (χ2n) is 11.6. The van der Waals surface area contributed by atoms with Crippen LogP contribution in [-0.2, 0) is 22.4 Å². The smallest absolute Gasteiger partial charge is 0.270 e.